The van der Waals surface area contributed by atoms with Crippen molar-refractivity contribution in [1.29, 1.82) is 0 Å². The van der Waals surface area contributed by atoms with Gasteiger partial charge in [0.1, 0.15) is 6.29 Å². The number of nitrogens with zero attached hydrogens (tertiary/aromatic N) is 1. The number of fused-ring (bicyclic) bond motifs is 1. The maximum absolute atomic E-state index is 13.8. The zero-order valence-electron chi connectivity index (χ0n) is 18.6. The fourth-order valence-corrected chi connectivity index (χ4v) is 4.64. The van der Waals surface area contributed by atoms with Crippen molar-refractivity contribution in [1.82, 2.24) is 10.2 Å². The Balaban J connectivity index is 1.87. The van der Waals surface area contributed by atoms with E-state index in [2.05, 4.69) is 56.4 Å². The lowest BCUT2D eigenvalue weighted by Crippen LogP contribution is -2.53. The molecule has 160 valence electrons. The number of aldehydes is 1. The van der Waals surface area contributed by atoms with Crippen molar-refractivity contribution in [3.8, 4) is 0 Å². The van der Waals surface area contributed by atoms with Crippen LogP contribution in [-0.2, 0) is 29.0 Å². The van der Waals surface area contributed by atoms with E-state index in [0.717, 1.165) is 30.3 Å². The number of carbonyl (C=O) groups is 2. The lowest BCUT2D eigenvalue weighted by molar-refractivity contribution is -0.140. The predicted octanol–water partition coefficient (Wildman–Crippen LogP) is 3.94. The molecule has 2 atom stereocenters. The molecule has 0 spiro atoms. The summed E-state index contributed by atoms with van der Waals surface area (Å²) < 4.78 is 0. The Bertz CT molecular complexity index is 852. The van der Waals surface area contributed by atoms with Crippen LogP contribution in [0.25, 0.3) is 0 Å². The van der Waals surface area contributed by atoms with E-state index in [0.29, 0.717) is 18.9 Å². The normalized spacial score (nSPS) is 15.6. The highest BCUT2D eigenvalue weighted by atomic mass is 16.2. The number of rotatable bonds is 9. The van der Waals surface area contributed by atoms with Crippen LogP contribution in [0.3, 0.4) is 0 Å². The van der Waals surface area contributed by atoms with Crippen LogP contribution in [0.1, 0.15) is 42.5 Å². The quantitative estimate of drug-likeness (QED) is 0.642. The van der Waals surface area contributed by atoms with Crippen molar-refractivity contribution in [3.63, 3.8) is 0 Å². The van der Waals surface area contributed by atoms with E-state index in [4.69, 9.17) is 0 Å². The molecule has 0 saturated heterocycles. The standard InChI is InChI=1S/C26H34N2O2/c1-18(2)13-24(17-29)28(16-22-12-6-5-9-19(22)3)26(30)25(27-4)23-14-20-10-7-8-11-21(20)15-23/h5-12,17-18,23-25,27H,13-16H2,1-4H3/t24-,25?/m1/s1. The van der Waals surface area contributed by atoms with Gasteiger partial charge in [-0.25, -0.2) is 0 Å². The maximum atomic E-state index is 13.8. The molecule has 0 heterocycles. The summed E-state index contributed by atoms with van der Waals surface area (Å²) in [5.74, 6) is 0.554. The second-order valence-electron chi connectivity index (χ2n) is 8.93. The summed E-state index contributed by atoms with van der Waals surface area (Å²) >= 11 is 0. The number of benzene rings is 2. The van der Waals surface area contributed by atoms with Crippen LogP contribution in [0, 0.1) is 18.8 Å². The number of likely N-dealkylation sites (N-methyl/N-ethyl adjacent to an activating group) is 1. The smallest absolute Gasteiger partial charge is 0.240 e. The maximum Gasteiger partial charge on any atom is 0.240 e. The Morgan fingerprint density at radius 1 is 1.10 bits per heavy atom. The van der Waals surface area contributed by atoms with Crippen LogP contribution in [0.15, 0.2) is 48.5 Å². The van der Waals surface area contributed by atoms with Crippen LogP contribution < -0.4 is 5.32 Å². The molecule has 1 aliphatic rings. The van der Waals surface area contributed by atoms with Gasteiger partial charge in [0.05, 0.1) is 12.1 Å². The first-order chi connectivity index (χ1) is 14.4. The molecule has 0 saturated carbocycles. The Labute approximate surface area is 180 Å². The highest BCUT2D eigenvalue weighted by Gasteiger charge is 2.37. The third-order valence-corrected chi connectivity index (χ3v) is 6.29. The monoisotopic (exact) mass is 406 g/mol. The van der Waals surface area contributed by atoms with Gasteiger partial charge in [-0.1, -0.05) is 62.4 Å². The molecule has 0 aliphatic heterocycles. The number of hydrogen-bond donors (Lipinski definition) is 1. The topological polar surface area (TPSA) is 49.4 Å². The molecule has 4 nitrogen and oxygen atoms in total. The van der Waals surface area contributed by atoms with Gasteiger partial charge in [0, 0.05) is 6.54 Å². The fraction of sp³-hybridized carbons (Fsp3) is 0.462. The summed E-state index contributed by atoms with van der Waals surface area (Å²) in [5, 5.41) is 3.28. The van der Waals surface area contributed by atoms with Crippen molar-refractivity contribution in [2.24, 2.45) is 11.8 Å². The molecule has 0 bridgehead atoms. The van der Waals surface area contributed by atoms with Crippen molar-refractivity contribution in [2.45, 2.75) is 58.7 Å². The SMILES string of the molecule is CNC(C(=O)N(Cc1ccccc1C)[C@@H](C=O)CC(C)C)C1Cc2ccccc2C1. The van der Waals surface area contributed by atoms with Crippen LogP contribution in [-0.4, -0.2) is 36.2 Å². The van der Waals surface area contributed by atoms with E-state index in [1.807, 2.05) is 25.2 Å². The predicted molar refractivity (Wildman–Crippen MR) is 121 cm³/mol. The highest BCUT2D eigenvalue weighted by molar-refractivity contribution is 5.85. The number of nitrogens with one attached hydrogen (secondary N) is 1. The molecule has 4 heteroatoms. The number of carbonyl (C=O) groups excluding carboxylic acids is 2. The molecule has 0 aromatic heterocycles. The second-order valence-corrected chi connectivity index (χ2v) is 8.93. The second kappa shape index (κ2) is 10.0. The van der Waals surface area contributed by atoms with Gasteiger partial charge in [-0.3, -0.25) is 4.79 Å². The van der Waals surface area contributed by atoms with E-state index in [1.165, 1.54) is 11.1 Å². The minimum absolute atomic E-state index is 0.0244. The van der Waals surface area contributed by atoms with E-state index >= 15 is 0 Å². The summed E-state index contributed by atoms with van der Waals surface area (Å²) in [7, 11) is 1.86. The van der Waals surface area contributed by atoms with E-state index in [9.17, 15) is 9.59 Å². The zero-order valence-corrected chi connectivity index (χ0v) is 18.6. The Morgan fingerprint density at radius 2 is 1.70 bits per heavy atom. The fourth-order valence-electron chi connectivity index (χ4n) is 4.64. The first kappa shape index (κ1) is 22.2. The van der Waals surface area contributed by atoms with Crippen LogP contribution in [0.5, 0.6) is 0 Å². The van der Waals surface area contributed by atoms with Gasteiger partial charge in [0.25, 0.3) is 0 Å². The summed E-state index contributed by atoms with van der Waals surface area (Å²) in [5.41, 5.74) is 4.88. The minimum Gasteiger partial charge on any atom is -0.327 e. The molecule has 1 aliphatic carbocycles. The molecule has 2 aromatic carbocycles. The Morgan fingerprint density at radius 3 is 2.23 bits per heavy atom. The zero-order chi connectivity index (χ0) is 21.7. The summed E-state index contributed by atoms with van der Waals surface area (Å²) in [4.78, 5) is 27.7. The minimum atomic E-state index is -0.420. The number of aryl methyl sites for hydroxylation is 1. The third-order valence-electron chi connectivity index (χ3n) is 6.29. The first-order valence-electron chi connectivity index (χ1n) is 11.0. The summed E-state index contributed by atoms with van der Waals surface area (Å²) in [6.45, 7) is 6.70. The van der Waals surface area contributed by atoms with Crippen molar-refractivity contribution < 1.29 is 9.59 Å². The molecule has 1 amide bonds. The van der Waals surface area contributed by atoms with Crippen LogP contribution in [0.4, 0.5) is 0 Å². The van der Waals surface area contributed by atoms with Gasteiger partial charge in [0.2, 0.25) is 5.91 Å². The molecule has 0 radical (unpaired) electrons. The van der Waals surface area contributed by atoms with E-state index in [1.54, 1.807) is 4.90 Å². The van der Waals surface area contributed by atoms with Gasteiger partial charge >= 0.3 is 0 Å². The number of hydrogen-bond acceptors (Lipinski definition) is 3. The lowest BCUT2D eigenvalue weighted by atomic mass is 9.93. The van der Waals surface area contributed by atoms with Crippen LogP contribution in [0.2, 0.25) is 0 Å². The van der Waals surface area contributed by atoms with E-state index in [-0.39, 0.29) is 17.9 Å². The van der Waals surface area contributed by atoms with Crippen molar-refractivity contribution in [2.75, 3.05) is 7.05 Å². The largest absolute Gasteiger partial charge is 0.327 e. The molecule has 0 fully saturated rings. The highest BCUT2D eigenvalue weighted by Crippen LogP contribution is 2.30. The van der Waals surface area contributed by atoms with Gasteiger partial charge in [-0.2, -0.15) is 0 Å². The van der Waals surface area contributed by atoms with Crippen molar-refractivity contribution >= 4 is 12.2 Å². The molecular formula is C26H34N2O2. The average molecular weight is 407 g/mol. The molecule has 1 N–H and O–H groups in total. The third kappa shape index (κ3) is 4.99. The molecule has 2 aromatic rings. The number of amides is 1. The summed E-state index contributed by atoms with van der Waals surface area (Å²) in [6.07, 6.45) is 3.40. The molecule has 1 unspecified atom stereocenters. The lowest BCUT2D eigenvalue weighted by Gasteiger charge is -2.35. The Kier molecular flexibility index (Phi) is 7.43. The summed E-state index contributed by atoms with van der Waals surface area (Å²) in [6, 6.07) is 15.8. The molecule has 3 rings (SSSR count). The van der Waals surface area contributed by atoms with Gasteiger partial charge in [-0.15, -0.1) is 0 Å². The van der Waals surface area contributed by atoms with Gasteiger partial charge in [0.15, 0.2) is 0 Å². The van der Waals surface area contributed by atoms with Crippen molar-refractivity contribution in [3.05, 3.63) is 70.8 Å². The first-order valence-corrected chi connectivity index (χ1v) is 11.0. The van der Waals surface area contributed by atoms with Gasteiger partial charge < -0.3 is 15.0 Å². The molecular weight excluding hydrogens is 372 g/mol. The Hall–Kier alpha value is -2.46. The van der Waals surface area contributed by atoms with E-state index < -0.39 is 6.04 Å². The molecule has 30 heavy (non-hydrogen) atoms. The van der Waals surface area contributed by atoms with Crippen LogP contribution >= 0.6 is 0 Å². The average Bonchev–Trinajstić information content (AvgIpc) is 3.15. The van der Waals surface area contributed by atoms with Gasteiger partial charge in [-0.05, 0) is 67.3 Å².